The van der Waals surface area contributed by atoms with Gasteiger partial charge >= 0.3 is 0 Å². The van der Waals surface area contributed by atoms with Gasteiger partial charge in [-0.3, -0.25) is 0 Å². The van der Waals surface area contributed by atoms with Crippen LogP contribution in [0.3, 0.4) is 0 Å². The summed E-state index contributed by atoms with van der Waals surface area (Å²) in [6, 6.07) is 2.17. The molecule has 13 heavy (non-hydrogen) atoms. The van der Waals surface area contributed by atoms with E-state index in [0.717, 1.165) is 6.07 Å². The molecule has 0 aromatic heterocycles. The van der Waals surface area contributed by atoms with E-state index in [2.05, 4.69) is 15.9 Å². The van der Waals surface area contributed by atoms with Gasteiger partial charge in [0.15, 0.2) is 0 Å². The van der Waals surface area contributed by atoms with Crippen LogP contribution in [0.4, 0.5) is 13.2 Å². The Bertz CT molecular complexity index is 315. The highest BCUT2D eigenvalue weighted by Crippen LogP contribution is 2.32. The molecule has 0 saturated carbocycles. The molecule has 0 atom stereocenters. The number of benzene rings is 1. The first-order valence-corrected chi connectivity index (χ1v) is 4.23. The Hall–Kier alpha value is -0.550. The Morgan fingerprint density at radius 1 is 1.38 bits per heavy atom. The fourth-order valence-electron chi connectivity index (χ4n) is 0.937. The predicted molar refractivity (Wildman–Crippen MR) is 45.0 cm³/mol. The molecule has 5 heteroatoms. The molecule has 0 unspecified atom stereocenters. The van der Waals surface area contributed by atoms with Crippen molar-refractivity contribution in [1.29, 1.82) is 0 Å². The molecule has 0 spiro atoms. The maximum atomic E-state index is 12.8. The fraction of sp³-hybridized carbons (Fsp3) is 0.250. The zero-order valence-electron chi connectivity index (χ0n) is 6.40. The smallest absolute Gasteiger partial charge is 0.267 e. The van der Waals surface area contributed by atoms with Crippen LogP contribution < -0.4 is 0 Å². The molecule has 0 fully saturated rings. The van der Waals surface area contributed by atoms with Crippen molar-refractivity contribution in [2.75, 3.05) is 0 Å². The molecule has 0 aliphatic carbocycles. The van der Waals surface area contributed by atoms with Gasteiger partial charge in [0, 0.05) is 4.47 Å². The van der Waals surface area contributed by atoms with Crippen molar-refractivity contribution in [3.05, 3.63) is 33.5 Å². The quantitative estimate of drug-likeness (QED) is 0.861. The molecule has 1 aromatic rings. The lowest BCUT2D eigenvalue weighted by atomic mass is 10.1. The van der Waals surface area contributed by atoms with E-state index in [0.29, 0.717) is 0 Å². The molecule has 0 bridgehead atoms. The van der Waals surface area contributed by atoms with Crippen molar-refractivity contribution in [2.24, 2.45) is 0 Å². The van der Waals surface area contributed by atoms with Crippen LogP contribution in [-0.4, -0.2) is 5.11 Å². The van der Waals surface area contributed by atoms with Gasteiger partial charge in [-0.1, -0.05) is 6.07 Å². The van der Waals surface area contributed by atoms with Gasteiger partial charge in [-0.2, -0.15) is 0 Å². The average Bonchev–Trinajstić information content (AvgIpc) is 2.04. The van der Waals surface area contributed by atoms with Crippen LogP contribution in [-0.2, 0) is 6.61 Å². The third-order valence-corrected chi connectivity index (χ3v) is 2.53. The molecule has 0 aliphatic heterocycles. The molecular formula is C8H6BrF3O. The lowest BCUT2D eigenvalue weighted by Gasteiger charge is -2.08. The first-order chi connectivity index (χ1) is 6.07. The molecule has 1 rings (SSSR count). The van der Waals surface area contributed by atoms with E-state index in [9.17, 15) is 13.2 Å². The summed E-state index contributed by atoms with van der Waals surface area (Å²) in [5, 5.41) is 8.72. The Balaban J connectivity index is 3.30. The summed E-state index contributed by atoms with van der Waals surface area (Å²) in [6.45, 7) is -0.402. The summed E-state index contributed by atoms with van der Waals surface area (Å²) in [7, 11) is 0. The van der Waals surface area contributed by atoms with Crippen molar-refractivity contribution in [1.82, 2.24) is 0 Å². The summed E-state index contributed by atoms with van der Waals surface area (Å²) >= 11 is 2.81. The highest BCUT2D eigenvalue weighted by Gasteiger charge is 2.19. The maximum Gasteiger partial charge on any atom is 0.267 e. The average molecular weight is 255 g/mol. The van der Waals surface area contributed by atoms with Crippen molar-refractivity contribution >= 4 is 15.9 Å². The summed E-state index contributed by atoms with van der Waals surface area (Å²) in [5.41, 5.74) is -0.455. The van der Waals surface area contributed by atoms with Gasteiger partial charge in [0.05, 0.1) is 12.2 Å². The minimum Gasteiger partial charge on any atom is -0.392 e. The predicted octanol–water partition coefficient (Wildman–Crippen LogP) is 3.02. The van der Waals surface area contributed by atoms with E-state index < -0.39 is 24.4 Å². The molecule has 1 nitrogen and oxygen atoms in total. The zero-order valence-corrected chi connectivity index (χ0v) is 7.98. The van der Waals surface area contributed by atoms with Crippen LogP contribution >= 0.6 is 15.9 Å². The monoisotopic (exact) mass is 254 g/mol. The highest BCUT2D eigenvalue weighted by atomic mass is 79.9. The fourth-order valence-corrected chi connectivity index (χ4v) is 1.56. The second kappa shape index (κ2) is 4.11. The molecule has 0 radical (unpaired) electrons. The van der Waals surface area contributed by atoms with E-state index in [-0.39, 0.29) is 10.0 Å². The molecule has 0 aliphatic rings. The first-order valence-electron chi connectivity index (χ1n) is 3.43. The van der Waals surface area contributed by atoms with Crippen LogP contribution in [0.5, 0.6) is 0 Å². The molecular weight excluding hydrogens is 249 g/mol. The molecule has 0 amide bonds. The Labute approximate surface area is 81.3 Å². The SMILES string of the molecule is OCc1ccc(F)c(C(F)F)c1Br. The molecule has 1 N–H and O–H groups in total. The van der Waals surface area contributed by atoms with E-state index in [4.69, 9.17) is 5.11 Å². The van der Waals surface area contributed by atoms with Crippen LogP contribution in [0, 0.1) is 5.82 Å². The number of halogens is 4. The molecule has 0 saturated heterocycles. The number of hydrogen-bond donors (Lipinski definition) is 1. The van der Waals surface area contributed by atoms with E-state index in [1.165, 1.54) is 6.07 Å². The van der Waals surface area contributed by atoms with Gasteiger partial charge in [-0.25, -0.2) is 13.2 Å². The number of aliphatic hydroxyl groups is 1. The number of rotatable bonds is 2. The lowest BCUT2D eigenvalue weighted by Crippen LogP contribution is -1.97. The number of hydrogen-bond acceptors (Lipinski definition) is 1. The third kappa shape index (κ3) is 2.03. The van der Waals surface area contributed by atoms with Gasteiger partial charge in [0.1, 0.15) is 5.82 Å². The van der Waals surface area contributed by atoms with Gasteiger partial charge in [-0.15, -0.1) is 0 Å². The van der Waals surface area contributed by atoms with Gasteiger partial charge in [0.2, 0.25) is 0 Å². The normalized spacial score (nSPS) is 10.9. The lowest BCUT2D eigenvalue weighted by molar-refractivity contribution is 0.145. The Morgan fingerprint density at radius 3 is 2.46 bits per heavy atom. The largest absolute Gasteiger partial charge is 0.392 e. The number of aliphatic hydroxyl groups excluding tert-OH is 1. The van der Waals surface area contributed by atoms with Crippen LogP contribution in [0.1, 0.15) is 17.6 Å². The summed E-state index contributed by atoms with van der Waals surface area (Å²) < 4.78 is 37.3. The number of alkyl halides is 2. The molecule has 0 heterocycles. The summed E-state index contributed by atoms with van der Waals surface area (Å²) in [6.07, 6.45) is -2.89. The second-order valence-electron chi connectivity index (χ2n) is 2.39. The van der Waals surface area contributed by atoms with Crippen LogP contribution in [0.25, 0.3) is 0 Å². The van der Waals surface area contributed by atoms with Crippen molar-refractivity contribution in [2.45, 2.75) is 13.0 Å². The highest BCUT2D eigenvalue weighted by molar-refractivity contribution is 9.10. The third-order valence-electron chi connectivity index (χ3n) is 1.60. The van der Waals surface area contributed by atoms with Crippen LogP contribution in [0.2, 0.25) is 0 Å². The Kier molecular flexibility index (Phi) is 3.33. The van der Waals surface area contributed by atoms with Gasteiger partial charge in [0.25, 0.3) is 6.43 Å². The minimum atomic E-state index is -2.89. The van der Waals surface area contributed by atoms with Gasteiger partial charge < -0.3 is 5.11 Å². The van der Waals surface area contributed by atoms with Crippen molar-refractivity contribution < 1.29 is 18.3 Å². The summed E-state index contributed by atoms with van der Waals surface area (Å²) in [5.74, 6) is -0.973. The minimum absolute atomic E-state index is 0.0648. The molecule has 1 aromatic carbocycles. The van der Waals surface area contributed by atoms with Gasteiger partial charge in [-0.05, 0) is 27.6 Å². The topological polar surface area (TPSA) is 20.2 Å². The van der Waals surface area contributed by atoms with Crippen molar-refractivity contribution in [3.8, 4) is 0 Å². The second-order valence-corrected chi connectivity index (χ2v) is 3.19. The Morgan fingerprint density at radius 2 is 2.00 bits per heavy atom. The van der Waals surface area contributed by atoms with E-state index in [1.54, 1.807) is 0 Å². The molecule has 72 valence electrons. The zero-order chi connectivity index (χ0) is 10.0. The maximum absolute atomic E-state index is 12.8. The first kappa shape index (κ1) is 10.5. The standard InChI is InChI=1S/C8H6BrF3O/c9-7-4(3-13)1-2-5(10)6(7)8(11)12/h1-2,8,13H,3H2. The summed E-state index contributed by atoms with van der Waals surface area (Å²) in [4.78, 5) is 0. The van der Waals surface area contributed by atoms with E-state index >= 15 is 0 Å². The van der Waals surface area contributed by atoms with Crippen molar-refractivity contribution in [3.63, 3.8) is 0 Å². The van der Waals surface area contributed by atoms with Crippen LogP contribution in [0.15, 0.2) is 16.6 Å². The van der Waals surface area contributed by atoms with E-state index in [1.807, 2.05) is 0 Å².